The van der Waals surface area contributed by atoms with Crippen molar-refractivity contribution in [1.82, 2.24) is 10.2 Å². The van der Waals surface area contributed by atoms with Gasteiger partial charge in [-0.05, 0) is 55.6 Å². The molecule has 130 valence electrons. The second-order valence-electron chi connectivity index (χ2n) is 6.22. The first-order valence-electron chi connectivity index (χ1n) is 8.50. The van der Waals surface area contributed by atoms with Crippen LogP contribution in [0, 0.1) is 0 Å². The average Bonchev–Trinajstić information content (AvgIpc) is 3.14. The molecule has 5 heteroatoms. The molecular formula is C19H26N2O2S. The maximum absolute atomic E-state index is 5.91. The number of nitrogens with one attached hydrogen (secondary N) is 1. The number of nitrogens with zero attached hydrogens (tertiary/aromatic N) is 1. The summed E-state index contributed by atoms with van der Waals surface area (Å²) in [4.78, 5) is 3.72. The predicted molar refractivity (Wildman–Crippen MR) is 99.0 cm³/mol. The van der Waals surface area contributed by atoms with Crippen molar-refractivity contribution in [3.05, 3.63) is 46.2 Å². The normalized spacial score (nSPS) is 18.5. The summed E-state index contributed by atoms with van der Waals surface area (Å²) in [6.07, 6.45) is 2.52. The fourth-order valence-corrected chi connectivity index (χ4v) is 3.78. The Bertz CT molecular complexity index is 630. The number of rotatable bonds is 7. The molecule has 1 aliphatic rings. The van der Waals surface area contributed by atoms with Gasteiger partial charge in [-0.25, -0.2) is 0 Å². The molecule has 1 saturated heterocycles. The Hall–Kier alpha value is -1.56. The van der Waals surface area contributed by atoms with Crippen molar-refractivity contribution in [3.63, 3.8) is 0 Å². The van der Waals surface area contributed by atoms with E-state index in [1.54, 1.807) is 18.4 Å². The molecule has 2 aromatic rings. The first kappa shape index (κ1) is 17.3. The standard InChI is InChI=1S/C19H26N2O2S/c1-20-16-5-3-9-21(13-16)12-15-7-8-18(19(11-15)22-2)23-14-17-6-4-10-24-17/h4,6-8,10-11,16,20H,3,5,9,12-14H2,1-2H3. The highest BCUT2D eigenvalue weighted by Crippen LogP contribution is 2.30. The molecular weight excluding hydrogens is 320 g/mol. The summed E-state index contributed by atoms with van der Waals surface area (Å²) in [6, 6.07) is 11.0. The van der Waals surface area contributed by atoms with E-state index in [0.717, 1.165) is 31.1 Å². The summed E-state index contributed by atoms with van der Waals surface area (Å²) in [5.74, 6) is 1.62. The number of methoxy groups -OCH3 is 1. The van der Waals surface area contributed by atoms with Crippen molar-refractivity contribution in [2.24, 2.45) is 0 Å². The van der Waals surface area contributed by atoms with Crippen LogP contribution < -0.4 is 14.8 Å². The first-order valence-corrected chi connectivity index (χ1v) is 9.38. The van der Waals surface area contributed by atoms with Crippen LogP contribution >= 0.6 is 11.3 Å². The van der Waals surface area contributed by atoms with Gasteiger partial charge in [-0.1, -0.05) is 12.1 Å². The monoisotopic (exact) mass is 346 g/mol. The molecule has 4 nitrogen and oxygen atoms in total. The second kappa shape index (κ2) is 8.51. The molecule has 0 saturated carbocycles. The zero-order chi connectivity index (χ0) is 16.8. The summed E-state index contributed by atoms with van der Waals surface area (Å²) < 4.78 is 11.4. The summed E-state index contributed by atoms with van der Waals surface area (Å²) in [6.45, 7) is 3.82. The Labute approximate surface area is 148 Å². The molecule has 1 unspecified atom stereocenters. The van der Waals surface area contributed by atoms with E-state index in [9.17, 15) is 0 Å². The number of ether oxygens (including phenoxy) is 2. The minimum absolute atomic E-state index is 0.587. The molecule has 1 atom stereocenters. The maximum atomic E-state index is 5.91. The lowest BCUT2D eigenvalue weighted by atomic mass is 10.0. The van der Waals surface area contributed by atoms with Gasteiger partial charge in [-0.15, -0.1) is 11.3 Å². The third-order valence-corrected chi connectivity index (χ3v) is 5.35. The molecule has 0 radical (unpaired) electrons. The molecule has 0 bridgehead atoms. The van der Waals surface area contributed by atoms with Gasteiger partial charge in [-0.2, -0.15) is 0 Å². The van der Waals surface area contributed by atoms with Crippen LogP contribution in [-0.4, -0.2) is 38.2 Å². The van der Waals surface area contributed by atoms with Gasteiger partial charge in [0.1, 0.15) is 6.61 Å². The van der Waals surface area contributed by atoms with Gasteiger partial charge in [0.25, 0.3) is 0 Å². The van der Waals surface area contributed by atoms with Crippen molar-refractivity contribution in [2.75, 3.05) is 27.2 Å². The third kappa shape index (κ3) is 4.50. The van der Waals surface area contributed by atoms with Crippen LogP contribution in [0.25, 0.3) is 0 Å². The van der Waals surface area contributed by atoms with Gasteiger partial charge >= 0.3 is 0 Å². The minimum Gasteiger partial charge on any atom is -0.493 e. The van der Waals surface area contributed by atoms with Gasteiger partial charge in [0, 0.05) is 24.0 Å². The van der Waals surface area contributed by atoms with Crippen molar-refractivity contribution in [3.8, 4) is 11.5 Å². The maximum Gasteiger partial charge on any atom is 0.161 e. The molecule has 1 aliphatic heterocycles. The van der Waals surface area contributed by atoms with Crippen LogP contribution in [-0.2, 0) is 13.2 Å². The number of hydrogen-bond donors (Lipinski definition) is 1. The van der Waals surface area contributed by atoms with Gasteiger partial charge in [-0.3, -0.25) is 4.90 Å². The van der Waals surface area contributed by atoms with E-state index in [-0.39, 0.29) is 0 Å². The average molecular weight is 346 g/mol. The fraction of sp³-hybridized carbons (Fsp3) is 0.474. The Morgan fingerprint density at radius 3 is 2.96 bits per heavy atom. The lowest BCUT2D eigenvalue weighted by molar-refractivity contribution is 0.187. The first-order chi connectivity index (χ1) is 11.8. The second-order valence-corrected chi connectivity index (χ2v) is 7.25. The molecule has 0 aliphatic carbocycles. The Morgan fingerprint density at radius 2 is 2.21 bits per heavy atom. The molecule has 2 heterocycles. The fourth-order valence-electron chi connectivity index (χ4n) is 3.17. The van der Waals surface area contributed by atoms with Crippen LogP contribution in [0.4, 0.5) is 0 Å². The lowest BCUT2D eigenvalue weighted by Gasteiger charge is -2.32. The Balaban J connectivity index is 1.62. The van der Waals surface area contributed by atoms with E-state index in [4.69, 9.17) is 9.47 Å². The summed E-state index contributed by atoms with van der Waals surface area (Å²) >= 11 is 1.71. The number of thiophene rings is 1. The van der Waals surface area contributed by atoms with Crippen molar-refractivity contribution < 1.29 is 9.47 Å². The molecule has 1 aromatic heterocycles. The highest BCUT2D eigenvalue weighted by molar-refractivity contribution is 7.09. The van der Waals surface area contributed by atoms with Crippen molar-refractivity contribution >= 4 is 11.3 Å². The number of likely N-dealkylation sites (N-methyl/N-ethyl adjacent to an activating group) is 1. The number of likely N-dealkylation sites (tertiary alicyclic amines) is 1. The molecule has 1 fully saturated rings. The molecule has 0 amide bonds. The Kier molecular flexibility index (Phi) is 6.12. The zero-order valence-electron chi connectivity index (χ0n) is 14.5. The van der Waals surface area contributed by atoms with Crippen LogP contribution in [0.3, 0.4) is 0 Å². The highest BCUT2D eigenvalue weighted by Gasteiger charge is 2.18. The molecule has 0 spiro atoms. The van der Waals surface area contributed by atoms with Crippen LogP contribution in [0.5, 0.6) is 11.5 Å². The largest absolute Gasteiger partial charge is 0.493 e. The van der Waals surface area contributed by atoms with E-state index in [1.165, 1.54) is 23.3 Å². The van der Waals surface area contributed by atoms with Gasteiger partial charge in [0.15, 0.2) is 11.5 Å². The van der Waals surface area contributed by atoms with E-state index in [1.807, 2.05) is 12.1 Å². The van der Waals surface area contributed by atoms with Crippen molar-refractivity contribution in [2.45, 2.75) is 32.0 Å². The summed E-state index contributed by atoms with van der Waals surface area (Å²) in [7, 11) is 3.76. The van der Waals surface area contributed by atoms with E-state index >= 15 is 0 Å². The van der Waals surface area contributed by atoms with Crippen LogP contribution in [0.2, 0.25) is 0 Å². The predicted octanol–water partition coefficient (Wildman–Crippen LogP) is 3.52. The zero-order valence-corrected chi connectivity index (χ0v) is 15.3. The Morgan fingerprint density at radius 1 is 1.29 bits per heavy atom. The lowest BCUT2D eigenvalue weighted by Crippen LogP contribution is -2.43. The summed E-state index contributed by atoms with van der Waals surface area (Å²) in [5, 5.41) is 5.46. The minimum atomic E-state index is 0.587. The topological polar surface area (TPSA) is 33.7 Å². The number of piperidine rings is 1. The van der Waals surface area contributed by atoms with E-state index < -0.39 is 0 Å². The van der Waals surface area contributed by atoms with Gasteiger partial charge < -0.3 is 14.8 Å². The van der Waals surface area contributed by atoms with E-state index in [2.05, 4.69) is 40.8 Å². The molecule has 3 rings (SSSR count). The summed E-state index contributed by atoms with van der Waals surface area (Å²) in [5.41, 5.74) is 1.27. The highest BCUT2D eigenvalue weighted by atomic mass is 32.1. The number of benzene rings is 1. The quantitative estimate of drug-likeness (QED) is 0.832. The smallest absolute Gasteiger partial charge is 0.161 e. The van der Waals surface area contributed by atoms with E-state index in [0.29, 0.717) is 12.6 Å². The molecule has 24 heavy (non-hydrogen) atoms. The van der Waals surface area contributed by atoms with Gasteiger partial charge in [0.2, 0.25) is 0 Å². The van der Waals surface area contributed by atoms with Crippen molar-refractivity contribution in [1.29, 1.82) is 0 Å². The third-order valence-electron chi connectivity index (χ3n) is 4.50. The van der Waals surface area contributed by atoms with Crippen LogP contribution in [0.15, 0.2) is 35.7 Å². The van der Waals surface area contributed by atoms with Gasteiger partial charge in [0.05, 0.1) is 7.11 Å². The SMILES string of the molecule is CNC1CCCN(Cc2ccc(OCc3cccs3)c(OC)c2)C1. The molecule has 1 aromatic carbocycles. The molecule has 1 N–H and O–H groups in total. The number of hydrogen-bond acceptors (Lipinski definition) is 5. The van der Waals surface area contributed by atoms with Crippen LogP contribution in [0.1, 0.15) is 23.3 Å².